The van der Waals surface area contributed by atoms with Gasteiger partial charge in [-0.25, -0.2) is 0 Å². The molecule has 1 saturated carbocycles. The van der Waals surface area contributed by atoms with Crippen LogP contribution in [0.1, 0.15) is 31.4 Å². The van der Waals surface area contributed by atoms with E-state index in [4.69, 9.17) is 17.3 Å². The van der Waals surface area contributed by atoms with Crippen LogP contribution in [0, 0.1) is 5.92 Å². The van der Waals surface area contributed by atoms with E-state index in [1.807, 2.05) is 23.9 Å². The molecule has 0 radical (unpaired) electrons. The lowest BCUT2D eigenvalue weighted by Gasteiger charge is -2.15. The summed E-state index contributed by atoms with van der Waals surface area (Å²) >= 11 is 7.87. The molecule has 1 atom stereocenters. The van der Waals surface area contributed by atoms with Gasteiger partial charge in [0.05, 0.1) is 0 Å². The summed E-state index contributed by atoms with van der Waals surface area (Å²) in [6.07, 6.45) is 2.54. The van der Waals surface area contributed by atoms with Crippen LogP contribution in [0.4, 0.5) is 0 Å². The number of hydrogen-bond donors (Lipinski definition) is 1. The number of rotatable bonds is 4. The lowest BCUT2D eigenvalue weighted by molar-refractivity contribution is 0.623. The van der Waals surface area contributed by atoms with Crippen LogP contribution in [0.25, 0.3) is 0 Å². The number of benzene rings is 1. The lowest BCUT2D eigenvalue weighted by Crippen LogP contribution is -2.13. The number of thioether (sulfide) groups is 1. The topological polar surface area (TPSA) is 26.0 Å². The van der Waals surface area contributed by atoms with Gasteiger partial charge in [0.25, 0.3) is 0 Å². The van der Waals surface area contributed by atoms with Crippen molar-refractivity contribution in [3.05, 3.63) is 28.8 Å². The Kier molecular flexibility index (Phi) is 3.60. The molecule has 1 aliphatic carbocycles. The molecule has 0 heterocycles. The highest BCUT2D eigenvalue weighted by Gasteiger charge is 2.30. The van der Waals surface area contributed by atoms with Crippen LogP contribution < -0.4 is 5.73 Å². The molecule has 1 unspecified atom stereocenters. The zero-order valence-corrected chi connectivity index (χ0v) is 10.4. The van der Waals surface area contributed by atoms with E-state index < -0.39 is 0 Å². The summed E-state index contributed by atoms with van der Waals surface area (Å²) in [4.78, 5) is 1.29. The van der Waals surface area contributed by atoms with Crippen molar-refractivity contribution in [1.29, 1.82) is 0 Å². The van der Waals surface area contributed by atoms with Gasteiger partial charge in [-0.3, -0.25) is 0 Å². The smallest absolute Gasteiger partial charge is 0.0410 e. The fourth-order valence-corrected chi connectivity index (χ4v) is 2.79. The van der Waals surface area contributed by atoms with E-state index in [1.54, 1.807) is 0 Å². The standard InChI is InChI=1S/C12H16ClNS/c1-2-15-11-6-5-9(13)7-10(11)12(14)8-3-4-8/h5-8,12H,2-4,14H2,1H3. The molecule has 2 rings (SSSR count). The minimum absolute atomic E-state index is 0.178. The summed E-state index contributed by atoms with van der Waals surface area (Å²) in [7, 11) is 0. The van der Waals surface area contributed by atoms with E-state index in [0.29, 0.717) is 5.92 Å². The summed E-state index contributed by atoms with van der Waals surface area (Å²) in [5.41, 5.74) is 7.46. The lowest BCUT2D eigenvalue weighted by atomic mass is 10.0. The van der Waals surface area contributed by atoms with Crippen LogP contribution in [0.2, 0.25) is 5.02 Å². The van der Waals surface area contributed by atoms with E-state index in [1.165, 1.54) is 23.3 Å². The van der Waals surface area contributed by atoms with Gasteiger partial charge in [0.1, 0.15) is 0 Å². The van der Waals surface area contributed by atoms with Crippen molar-refractivity contribution >= 4 is 23.4 Å². The van der Waals surface area contributed by atoms with Gasteiger partial charge in [-0.05, 0) is 48.3 Å². The third-order valence-corrected chi connectivity index (χ3v) is 3.97. The van der Waals surface area contributed by atoms with E-state index in [2.05, 4.69) is 13.0 Å². The SMILES string of the molecule is CCSc1ccc(Cl)cc1C(N)C1CC1. The molecule has 1 fully saturated rings. The summed E-state index contributed by atoms with van der Waals surface area (Å²) < 4.78 is 0. The summed E-state index contributed by atoms with van der Waals surface area (Å²) in [6.45, 7) is 2.16. The molecule has 0 spiro atoms. The Morgan fingerprint density at radius 3 is 2.87 bits per heavy atom. The summed E-state index contributed by atoms with van der Waals surface area (Å²) in [6, 6.07) is 6.25. The van der Waals surface area contributed by atoms with Crippen molar-refractivity contribution in [2.24, 2.45) is 11.7 Å². The average molecular weight is 242 g/mol. The largest absolute Gasteiger partial charge is 0.324 e. The Hall–Kier alpha value is -0.180. The first-order valence-corrected chi connectivity index (χ1v) is 6.76. The number of halogens is 1. The van der Waals surface area contributed by atoms with Gasteiger partial charge in [-0.1, -0.05) is 18.5 Å². The second kappa shape index (κ2) is 4.77. The van der Waals surface area contributed by atoms with Crippen LogP contribution in [0.5, 0.6) is 0 Å². The van der Waals surface area contributed by atoms with Gasteiger partial charge < -0.3 is 5.73 Å². The highest BCUT2D eigenvalue weighted by atomic mass is 35.5. The highest BCUT2D eigenvalue weighted by Crippen LogP contribution is 2.42. The second-order valence-electron chi connectivity index (χ2n) is 3.98. The van der Waals surface area contributed by atoms with Crippen molar-refractivity contribution in [3.63, 3.8) is 0 Å². The Labute approximate surface area is 100 Å². The molecule has 1 aromatic rings. The summed E-state index contributed by atoms with van der Waals surface area (Å²) in [5, 5.41) is 0.793. The molecule has 2 N–H and O–H groups in total. The van der Waals surface area contributed by atoms with E-state index in [0.717, 1.165) is 10.8 Å². The average Bonchev–Trinajstić information content (AvgIpc) is 3.03. The molecule has 0 bridgehead atoms. The third kappa shape index (κ3) is 2.68. The molecule has 3 heteroatoms. The fourth-order valence-electron chi connectivity index (χ4n) is 1.78. The second-order valence-corrected chi connectivity index (χ2v) is 5.72. The van der Waals surface area contributed by atoms with Crippen LogP contribution >= 0.6 is 23.4 Å². The molecule has 0 amide bonds. The van der Waals surface area contributed by atoms with E-state index in [9.17, 15) is 0 Å². The minimum atomic E-state index is 0.178. The molecule has 1 aromatic carbocycles. The molecule has 82 valence electrons. The zero-order valence-electron chi connectivity index (χ0n) is 8.87. The minimum Gasteiger partial charge on any atom is -0.324 e. The van der Waals surface area contributed by atoms with Crippen LogP contribution in [-0.4, -0.2) is 5.75 Å². The first-order valence-electron chi connectivity index (χ1n) is 5.40. The zero-order chi connectivity index (χ0) is 10.8. The molecule has 15 heavy (non-hydrogen) atoms. The van der Waals surface area contributed by atoms with Crippen LogP contribution in [0.15, 0.2) is 23.1 Å². The van der Waals surface area contributed by atoms with Crippen LogP contribution in [-0.2, 0) is 0 Å². The van der Waals surface area contributed by atoms with Gasteiger partial charge in [0.2, 0.25) is 0 Å². The first-order chi connectivity index (χ1) is 7.22. The van der Waals surface area contributed by atoms with E-state index in [-0.39, 0.29) is 6.04 Å². The maximum Gasteiger partial charge on any atom is 0.0410 e. The molecular weight excluding hydrogens is 226 g/mol. The predicted molar refractivity (Wildman–Crippen MR) is 67.5 cm³/mol. The van der Waals surface area contributed by atoms with Crippen molar-refractivity contribution in [2.45, 2.75) is 30.7 Å². The molecule has 1 aliphatic rings. The summed E-state index contributed by atoms with van der Waals surface area (Å²) in [5.74, 6) is 1.76. The van der Waals surface area contributed by atoms with Gasteiger partial charge in [-0.2, -0.15) is 0 Å². The molecule has 0 aromatic heterocycles. The molecule has 0 saturated heterocycles. The third-order valence-electron chi connectivity index (χ3n) is 2.76. The van der Waals surface area contributed by atoms with Crippen LogP contribution in [0.3, 0.4) is 0 Å². The Morgan fingerprint density at radius 1 is 1.53 bits per heavy atom. The van der Waals surface area contributed by atoms with Crippen molar-refractivity contribution < 1.29 is 0 Å². The van der Waals surface area contributed by atoms with Gasteiger partial charge in [-0.15, -0.1) is 11.8 Å². The molecular formula is C12H16ClNS. The predicted octanol–water partition coefficient (Wildman–Crippen LogP) is 3.86. The van der Waals surface area contributed by atoms with Gasteiger partial charge >= 0.3 is 0 Å². The molecule has 0 aliphatic heterocycles. The monoisotopic (exact) mass is 241 g/mol. The maximum atomic E-state index is 6.23. The Morgan fingerprint density at radius 2 is 2.27 bits per heavy atom. The van der Waals surface area contributed by atoms with Crippen molar-refractivity contribution in [2.75, 3.05) is 5.75 Å². The first kappa shape index (κ1) is 11.3. The van der Waals surface area contributed by atoms with Gasteiger partial charge in [0.15, 0.2) is 0 Å². The highest BCUT2D eigenvalue weighted by molar-refractivity contribution is 7.99. The maximum absolute atomic E-state index is 6.23. The Balaban J connectivity index is 2.28. The van der Waals surface area contributed by atoms with Crippen molar-refractivity contribution in [3.8, 4) is 0 Å². The number of nitrogens with two attached hydrogens (primary N) is 1. The normalized spacial score (nSPS) is 17.8. The Bertz CT molecular complexity index is 349. The fraction of sp³-hybridized carbons (Fsp3) is 0.500. The van der Waals surface area contributed by atoms with Gasteiger partial charge in [0, 0.05) is 16.0 Å². The van der Waals surface area contributed by atoms with Crippen molar-refractivity contribution in [1.82, 2.24) is 0 Å². The number of hydrogen-bond acceptors (Lipinski definition) is 2. The quantitative estimate of drug-likeness (QED) is 0.811. The van der Waals surface area contributed by atoms with E-state index >= 15 is 0 Å². The molecule has 1 nitrogen and oxygen atoms in total.